The summed E-state index contributed by atoms with van der Waals surface area (Å²) in [6.45, 7) is 0. The molecule has 0 aliphatic rings. The monoisotopic (exact) mass is 275 g/mol. The second-order valence-corrected chi connectivity index (χ2v) is 5.33. The molecule has 0 saturated carbocycles. The van der Waals surface area contributed by atoms with Crippen LogP contribution in [-0.4, -0.2) is 15.0 Å². The molecule has 0 bridgehead atoms. The first-order valence-corrected chi connectivity index (χ1v) is 6.88. The summed E-state index contributed by atoms with van der Waals surface area (Å²) in [5.41, 5.74) is 14.4. The molecule has 0 aliphatic carbocycles. The van der Waals surface area contributed by atoms with E-state index in [1.54, 1.807) is 0 Å². The van der Waals surface area contributed by atoms with Crippen molar-refractivity contribution in [3.05, 3.63) is 29.0 Å². The normalized spacial score (nSPS) is 10.7. The quantitative estimate of drug-likeness (QED) is 0.749. The highest BCUT2D eigenvalue weighted by atomic mass is 32.1. The van der Waals surface area contributed by atoms with E-state index in [2.05, 4.69) is 15.0 Å². The summed E-state index contributed by atoms with van der Waals surface area (Å²) in [6, 6.07) is 5.71. The second kappa shape index (κ2) is 4.35. The third-order valence-corrected chi connectivity index (χ3v) is 3.67. The molecule has 0 unspecified atom stereocenters. The van der Waals surface area contributed by atoms with E-state index < -0.39 is 0 Å². The highest BCUT2D eigenvalue weighted by Crippen LogP contribution is 2.25. The third-order valence-electron chi connectivity index (χ3n) is 2.32. The van der Waals surface area contributed by atoms with Crippen LogP contribution in [0.4, 0.5) is 10.3 Å². The number of nitrogen functional groups attached to an aromatic ring is 2. The van der Waals surface area contributed by atoms with Gasteiger partial charge in [0.05, 0.1) is 11.4 Å². The van der Waals surface area contributed by atoms with Gasteiger partial charge in [-0.3, -0.25) is 0 Å². The SMILES string of the molecule is Nc1nc(-c2cccc(-c3csc(N)n3)n2)cs1. The summed E-state index contributed by atoms with van der Waals surface area (Å²) >= 11 is 2.80. The van der Waals surface area contributed by atoms with Gasteiger partial charge in [0.15, 0.2) is 10.3 Å². The Morgan fingerprint density at radius 2 is 1.22 bits per heavy atom. The van der Waals surface area contributed by atoms with E-state index in [0.29, 0.717) is 10.3 Å². The van der Waals surface area contributed by atoms with Gasteiger partial charge in [0, 0.05) is 10.8 Å². The molecule has 0 atom stereocenters. The molecule has 18 heavy (non-hydrogen) atoms. The molecule has 3 rings (SSSR count). The van der Waals surface area contributed by atoms with Gasteiger partial charge >= 0.3 is 0 Å². The van der Waals surface area contributed by atoms with Crippen molar-refractivity contribution in [2.75, 3.05) is 11.5 Å². The Bertz CT molecular complexity index is 633. The number of aromatic nitrogens is 3. The summed E-state index contributed by atoms with van der Waals surface area (Å²) in [6.07, 6.45) is 0. The lowest BCUT2D eigenvalue weighted by Gasteiger charge is -1.99. The molecule has 0 spiro atoms. The number of hydrogen-bond donors (Lipinski definition) is 2. The van der Waals surface area contributed by atoms with Crippen LogP contribution in [-0.2, 0) is 0 Å². The van der Waals surface area contributed by atoms with E-state index >= 15 is 0 Å². The molecule has 0 saturated heterocycles. The fraction of sp³-hybridized carbons (Fsp3) is 0. The van der Waals surface area contributed by atoms with Crippen LogP contribution in [0.5, 0.6) is 0 Å². The minimum absolute atomic E-state index is 0.537. The highest BCUT2D eigenvalue weighted by molar-refractivity contribution is 7.14. The van der Waals surface area contributed by atoms with E-state index in [0.717, 1.165) is 22.8 Å². The van der Waals surface area contributed by atoms with Gasteiger partial charge in [0.1, 0.15) is 11.4 Å². The fourth-order valence-electron chi connectivity index (χ4n) is 1.53. The number of nitrogens with two attached hydrogens (primary N) is 2. The summed E-state index contributed by atoms with van der Waals surface area (Å²) in [7, 11) is 0. The van der Waals surface area contributed by atoms with Crippen LogP contribution in [0.25, 0.3) is 22.8 Å². The van der Waals surface area contributed by atoms with Crippen LogP contribution in [0, 0.1) is 0 Å². The minimum Gasteiger partial charge on any atom is -0.375 e. The molecule has 0 aliphatic heterocycles. The largest absolute Gasteiger partial charge is 0.375 e. The first-order chi connectivity index (χ1) is 8.72. The molecular formula is C11H9N5S2. The maximum atomic E-state index is 5.62. The summed E-state index contributed by atoms with van der Waals surface area (Å²) in [4.78, 5) is 12.9. The summed E-state index contributed by atoms with van der Waals surface area (Å²) < 4.78 is 0. The fourth-order valence-corrected chi connectivity index (χ4v) is 2.64. The Hall–Kier alpha value is -1.99. The molecular weight excluding hydrogens is 266 g/mol. The number of nitrogens with zero attached hydrogens (tertiary/aromatic N) is 3. The zero-order valence-corrected chi connectivity index (χ0v) is 10.8. The van der Waals surface area contributed by atoms with Gasteiger partial charge in [0.25, 0.3) is 0 Å². The number of pyridine rings is 1. The van der Waals surface area contributed by atoms with Gasteiger partial charge in [-0.1, -0.05) is 6.07 Å². The topological polar surface area (TPSA) is 90.7 Å². The Morgan fingerprint density at radius 3 is 1.61 bits per heavy atom. The molecule has 3 aromatic heterocycles. The van der Waals surface area contributed by atoms with Crippen LogP contribution in [0.15, 0.2) is 29.0 Å². The molecule has 0 amide bonds. The Morgan fingerprint density at radius 1 is 0.722 bits per heavy atom. The van der Waals surface area contributed by atoms with E-state index in [-0.39, 0.29) is 0 Å². The highest BCUT2D eigenvalue weighted by Gasteiger charge is 2.08. The lowest BCUT2D eigenvalue weighted by molar-refractivity contribution is 1.26. The van der Waals surface area contributed by atoms with Crippen LogP contribution < -0.4 is 11.5 Å². The average molecular weight is 275 g/mol. The van der Waals surface area contributed by atoms with Crippen LogP contribution in [0.3, 0.4) is 0 Å². The smallest absolute Gasteiger partial charge is 0.180 e. The molecule has 0 fully saturated rings. The Balaban J connectivity index is 2.04. The van der Waals surface area contributed by atoms with Crippen LogP contribution in [0.1, 0.15) is 0 Å². The molecule has 0 radical (unpaired) electrons. The van der Waals surface area contributed by atoms with Gasteiger partial charge in [-0.2, -0.15) is 0 Å². The first-order valence-electron chi connectivity index (χ1n) is 5.12. The lowest BCUT2D eigenvalue weighted by Crippen LogP contribution is -1.90. The van der Waals surface area contributed by atoms with Crippen molar-refractivity contribution in [2.24, 2.45) is 0 Å². The Labute approximate surface area is 111 Å². The van der Waals surface area contributed by atoms with E-state index in [1.807, 2.05) is 29.0 Å². The Kier molecular flexibility index (Phi) is 2.69. The maximum absolute atomic E-state index is 5.62. The zero-order valence-electron chi connectivity index (χ0n) is 9.20. The number of thiazole rings is 2. The molecule has 7 heteroatoms. The molecule has 0 aromatic carbocycles. The van der Waals surface area contributed by atoms with Gasteiger partial charge in [-0.25, -0.2) is 15.0 Å². The first kappa shape index (κ1) is 11.1. The van der Waals surface area contributed by atoms with Crippen molar-refractivity contribution in [1.82, 2.24) is 15.0 Å². The minimum atomic E-state index is 0.537. The predicted octanol–water partition coefficient (Wildman–Crippen LogP) is 2.49. The number of hydrogen-bond acceptors (Lipinski definition) is 7. The van der Waals surface area contributed by atoms with Crippen molar-refractivity contribution in [3.8, 4) is 22.8 Å². The van der Waals surface area contributed by atoms with Crippen molar-refractivity contribution < 1.29 is 0 Å². The van der Waals surface area contributed by atoms with Gasteiger partial charge in [0.2, 0.25) is 0 Å². The molecule has 4 N–H and O–H groups in total. The molecule has 3 heterocycles. The van der Waals surface area contributed by atoms with Gasteiger partial charge in [-0.15, -0.1) is 22.7 Å². The van der Waals surface area contributed by atoms with Crippen molar-refractivity contribution >= 4 is 32.9 Å². The third kappa shape index (κ3) is 2.05. The number of anilines is 2. The van der Waals surface area contributed by atoms with Crippen LogP contribution >= 0.6 is 22.7 Å². The molecule has 5 nitrogen and oxygen atoms in total. The van der Waals surface area contributed by atoms with Gasteiger partial charge in [-0.05, 0) is 12.1 Å². The second-order valence-electron chi connectivity index (χ2n) is 3.55. The lowest BCUT2D eigenvalue weighted by atomic mass is 10.2. The van der Waals surface area contributed by atoms with Crippen LogP contribution in [0.2, 0.25) is 0 Å². The maximum Gasteiger partial charge on any atom is 0.180 e. The van der Waals surface area contributed by atoms with E-state index in [1.165, 1.54) is 22.7 Å². The summed E-state index contributed by atoms with van der Waals surface area (Å²) in [5.74, 6) is 0. The zero-order chi connectivity index (χ0) is 12.5. The summed E-state index contributed by atoms with van der Waals surface area (Å²) in [5, 5.41) is 4.85. The van der Waals surface area contributed by atoms with Crippen molar-refractivity contribution in [3.63, 3.8) is 0 Å². The standard InChI is InChI=1S/C11H9N5S2/c12-10-15-8(4-17-10)6-2-1-3-7(14-6)9-5-18-11(13)16-9/h1-5H,(H2,12,15)(H2,13,16). The van der Waals surface area contributed by atoms with Gasteiger partial charge < -0.3 is 11.5 Å². The molecule has 3 aromatic rings. The van der Waals surface area contributed by atoms with Crippen molar-refractivity contribution in [2.45, 2.75) is 0 Å². The molecule has 90 valence electrons. The van der Waals surface area contributed by atoms with E-state index in [9.17, 15) is 0 Å². The number of rotatable bonds is 2. The predicted molar refractivity (Wildman–Crippen MR) is 75.3 cm³/mol. The average Bonchev–Trinajstić information content (AvgIpc) is 2.98. The van der Waals surface area contributed by atoms with Crippen molar-refractivity contribution in [1.29, 1.82) is 0 Å². The van der Waals surface area contributed by atoms with E-state index in [4.69, 9.17) is 11.5 Å².